The van der Waals surface area contributed by atoms with Crippen molar-refractivity contribution < 1.29 is 15.0 Å². The monoisotopic (exact) mass is 200 g/mol. The Balaban J connectivity index is 2.28. The highest BCUT2D eigenvalue weighted by atomic mass is 16.4. The van der Waals surface area contributed by atoms with Crippen molar-refractivity contribution in [3.63, 3.8) is 0 Å². The summed E-state index contributed by atoms with van der Waals surface area (Å²) in [5.41, 5.74) is 0. The maximum absolute atomic E-state index is 10.3. The molecule has 0 aromatic rings. The number of rotatable bonds is 4. The van der Waals surface area contributed by atoms with Gasteiger partial charge in [-0.05, 0) is 31.1 Å². The van der Waals surface area contributed by atoms with E-state index in [0.29, 0.717) is 18.3 Å². The first-order valence-electron chi connectivity index (χ1n) is 5.49. The van der Waals surface area contributed by atoms with Crippen molar-refractivity contribution >= 4 is 5.97 Å². The Bertz CT molecular complexity index is 191. The first-order valence-corrected chi connectivity index (χ1v) is 5.49. The topological polar surface area (TPSA) is 57.5 Å². The van der Waals surface area contributed by atoms with Crippen LogP contribution in [0.3, 0.4) is 0 Å². The second kappa shape index (κ2) is 5.35. The molecular weight excluding hydrogens is 180 g/mol. The molecule has 1 saturated carbocycles. The lowest BCUT2D eigenvalue weighted by Crippen LogP contribution is -2.26. The van der Waals surface area contributed by atoms with E-state index in [1.165, 1.54) is 12.8 Å². The quantitative estimate of drug-likeness (QED) is 0.730. The predicted octanol–water partition coefficient (Wildman–Crippen LogP) is 2.04. The molecule has 0 heterocycles. The maximum Gasteiger partial charge on any atom is 0.303 e. The molecule has 3 nitrogen and oxygen atoms in total. The second-order valence-electron chi connectivity index (χ2n) is 4.53. The molecule has 1 rings (SSSR count). The fraction of sp³-hybridized carbons (Fsp3) is 0.909. The van der Waals surface area contributed by atoms with E-state index in [1.54, 1.807) is 0 Å². The summed E-state index contributed by atoms with van der Waals surface area (Å²) in [5, 5.41) is 18.3. The van der Waals surface area contributed by atoms with E-state index in [-0.39, 0.29) is 6.42 Å². The number of aliphatic hydroxyl groups is 1. The molecule has 0 saturated heterocycles. The molecule has 3 atom stereocenters. The summed E-state index contributed by atoms with van der Waals surface area (Å²) in [5.74, 6) is 0.208. The summed E-state index contributed by atoms with van der Waals surface area (Å²) in [6.45, 7) is 2.20. The van der Waals surface area contributed by atoms with Crippen molar-refractivity contribution in [3.8, 4) is 0 Å². The van der Waals surface area contributed by atoms with Crippen LogP contribution in [0, 0.1) is 11.8 Å². The molecule has 0 aromatic carbocycles. The van der Waals surface area contributed by atoms with Gasteiger partial charge in [-0.3, -0.25) is 4.79 Å². The van der Waals surface area contributed by atoms with Crippen LogP contribution in [0.4, 0.5) is 0 Å². The summed E-state index contributed by atoms with van der Waals surface area (Å²) in [6.07, 6.45) is 4.64. The van der Waals surface area contributed by atoms with Gasteiger partial charge in [0.25, 0.3) is 0 Å². The van der Waals surface area contributed by atoms with Crippen LogP contribution in [0.5, 0.6) is 0 Å². The second-order valence-corrected chi connectivity index (χ2v) is 4.53. The van der Waals surface area contributed by atoms with E-state index in [9.17, 15) is 9.90 Å². The van der Waals surface area contributed by atoms with E-state index in [1.807, 2.05) is 0 Å². The first kappa shape index (κ1) is 11.5. The van der Waals surface area contributed by atoms with Gasteiger partial charge in [0.2, 0.25) is 0 Å². The van der Waals surface area contributed by atoms with Crippen molar-refractivity contribution in [2.45, 2.75) is 51.6 Å². The van der Waals surface area contributed by atoms with Gasteiger partial charge in [-0.1, -0.05) is 19.8 Å². The average molecular weight is 200 g/mol. The number of carboxylic acids is 1. The fourth-order valence-electron chi connectivity index (χ4n) is 2.34. The van der Waals surface area contributed by atoms with Crippen molar-refractivity contribution in [1.29, 1.82) is 0 Å². The Morgan fingerprint density at radius 1 is 1.50 bits per heavy atom. The molecule has 0 aromatic heterocycles. The Kier molecular flexibility index (Phi) is 4.39. The number of hydrogen-bond donors (Lipinski definition) is 2. The number of carbonyl (C=O) groups is 1. The number of aliphatic hydroxyl groups excluding tert-OH is 1. The zero-order valence-corrected chi connectivity index (χ0v) is 8.78. The number of aliphatic carboxylic acids is 1. The van der Waals surface area contributed by atoms with Crippen LogP contribution in [0.25, 0.3) is 0 Å². The van der Waals surface area contributed by atoms with Crippen molar-refractivity contribution in [2.24, 2.45) is 11.8 Å². The Morgan fingerprint density at radius 2 is 2.21 bits per heavy atom. The van der Waals surface area contributed by atoms with Crippen LogP contribution in [0.2, 0.25) is 0 Å². The third kappa shape index (κ3) is 3.66. The van der Waals surface area contributed by atoms with Crippen LogP contribution >= 0.6 is 0 Å². The Hall–Kier alpha value is -0.570. The fourth-order valence-corrected chi connectivity index (χ4v) is 2.34. The predicted molar refractivity (Wildman–Crippen MR) is 54.0 cm³/mol. The standard InChI is InChI=1S/C11H20O3/c1-8-3-2-4-9(7-8)10(12)5-6-11(13)14/h8-10,12H,2-7H2,1H3,(H,13,14). The molecule has 0 amide bonds. The molecule has 82 valence electrons. The molecule has 1 aliphatic rings. The third-order valence-electron chi connectivity index (χ3n) is 3.18. The summed E-state index contributed by atoms with van der Waals surface area (Å²) < 4.78 is 0. The highest BCUT2D eigenvalue weighted by Crippen LogP contribution is 2.31. The molecule has 3 unspecified atom stereocenters. The zero-order chi connectivity index (χ0) is 10.6. The van der Waals surface area contributed by atoms with Crippen molar-refractivity contribution in [1.82, 2.24) is 0 Å². The highest BCUT2D eigenvalue weighted by Gasteiger charge is 2.25. The summed E-state index contributed by atoms with van der Waals surface area (Å²) >= 11 is 0. The smallest absolute Gasteiger partial charge is 0.303 e. The molecule has 0 bridgehead atoms. The lowest BCUT2D eigenvalue weighted by molar-refractivity contribution is -0.137. The third-order valence-corrected chi connectivity index (χ3v) is 3.18. The van der Waals surface area contributed by atoms with E-state index >= 15 is 0 Å². The molecule has 2 N–H and O–H groups in total. The number of carboxylic acid groups (broad SMARTS) is 1. The van der Waals surface area contributed by atoms with Crippen molar-refractivity contribution in [2.75, 3.05) is 0 Å². The van der Waals surface area contributed by atoms with Crippen LogP contribution < -0.4 is 0 Å². The largest absolute Gasteiger partial charge is 0.481 e. The molecule has 1 fully saturated rings. The summed E-state index contributed by atoms with van der Waals surface area (Å²) in [7, 11) is 0. The van der Waals surface area contributed by atoms with Crippen LogP contribution in [-0.2, 0) is 4.79 Å². The van der Waals surface area contributed by atoms with E-state index < -0.39 is 12.1 Å². The molecule has 0 radical (unpaired) electrons. The minimum atomic E-state index is -0.812. The summed E-state index contributed by atoms with van der Waals surface area (Å²) in [4.78, 5) is 10.3. The maximum atomic E-state index is 10.3. The lowest BCUT2D eigenvalue weighted by atomic mass is 9.78. The highest BCUT2D eigenvalue weighted by molar-refractivity contribution is 5.66. The van der Waals surface area contributed by atoms with Gasteiger partial charge in [-0.2, -0.15) is 0 Å². The zero-order valence-electron chi connectivity index (χ0n) is 8.78. The Labute approximate surface area is 85.1 Å². The normalized spacial score (nSPS) is 29.9. The van der Waals surface area contributed by atoms with Gasteiger partial charge < -0.3 is 10.2 Å². The molecule has 0 aliphatic heterocycles. The van der Waals surface area contributed by atoms with Gasteiger partial charge in [-0.25, -0.2) is 0 Å². The average Bonchev–Trinajstić information content (AvgIpc) is 2.14. The minimum Gasteiger partial charge on any atom is -0.481 e. The van der Waals surface area contributed by atoms with Crippen molar-refractivity contribution in [3.05, 3.63) is 0 Å². The lowest BCUT2D eigenvalue weighted by Gasteiger charge is -2.30. The molecular formula is C11H20O3. The van der Waals surface area contributed by atoms with E-state index in [2.05, 4.69) is 6.92 Å². The van der Waals surface area contributed by atoms with E-state index in [4.69, 9.17) is 5.11 Å². The minimum absolute atomic E-state index is 0.0893. The van der Waals surface area contributed by atoms with Gasteiger partial charge in [0.15, 0.2) is 0 Å². The van der Waals surface area contributed by atoms with Crippen LogP contribution in [0.1, 0.15) is 45.4 Å². The van der Waals surface area contributed by atoms with Crippen LogP contribution in [0.15, 0.2) is 0 Å². The van der Waals surface area contributed by atoms with Crippen LogP contribution in [-0.4, -0.2) is 22.3 Å². The molecule has 0 spiro atoms. The number of hydrogen-bond acceptors (Lipinski definition) is 2. The van der Waals surface area contributed by atoms with E-state index in [0.717, 1.165) is 12.8 Å². The molecule has 1 aliphatic carbocycles. The van der Waals surface area contributed by atoms with Gasteiger partial charge >= 0.3 is 5.97 Å². The SMILES string of the molecule is CC1CCCC(C(O)CCC(=O)O)C1. The molecule has 14 heavy (non-hydrogen) atoms. The summed E-state index contributed by atoms with van der Waals surface area (Å²) in [6, 6.07) is 0. The molecule has 3 heteroatoms. The Morgan fingerprint density at radius 3 is 2.79 bits per heavy atom. The van der Waals surface area contributed by atoms with Gasteiger partial charge in [-0.15, -0.1) is 0 Å². The first-order chi connectivity index (χ1) is 6.59. The van der Waals surface area contributed by atoms with Gasteiger partial charge in [0, 0.05) is 6.42 Å². The van der Waals surface area contributed by atoms with Gasteiger partial charge in [0.1, 0.15) is 0 Å². The van der Waals surface area contributed by atoms with Gasteiger partial charge in [0.05, 0.1) is 6.10 Å².